The predicted molar refractivity (Wildman–Crippen MR) is 88.2 cm³/mol. The highest BCUT2D eigenvalue weighted by Gasteiger charge is 2.06. The Kier molecular flexibility index (Phi) is 5.14. The second-order valence-electron chi connectivity index (χ2n) is 5.07. The quantitative estimate of drug-likeness (QED) is 0.667. The minimum atomic E-state index is -0.165. The number of carbonyl (C=O) groups excluding carboxylic acids is 1. The van der Waals surface area contributed by atoms with E-state index in [1.165, 1.54) is 11.0 Å². The van der Waals surface area contributed by atoms with Gasteiger partial charge in [-0.2, -0.15) is 0 Å². The standard InChI is InChI=1S/C17H17N5O2/c23-17(12-22-13-19-20-21-22)18-10-11-24-16-9-5-4-8-15(16)14-6-2-1-3-7-14/h1-9,13H,10-12H2,(H,18,23). The molecule has 0 saturated heterocycles. The van der Waals surface area contributed by atoms with Gasteiger partial charge in [0.1, 0.15) is 25.2 Å². The number of carbonyl (C=O) groups is 1. The SMILES string of the molecule is O=C(Cn1cnnn1)NCCOc1ccccc1-c1ccccc1. The third-order valence-electron chi connectivity index (χ3n) is 3.35. The molecule has 7 nitrogen and oxygen atoms in total. The average molecular weight is 323 g/mol. The van der Waals surface area contributed by atoms with Crippen LogP contribution in [-0.2, 0) is 11.3 Å². The van der Waals surface area contributed by atoms with Crippen LogP contribution in [0.25, 0.3) is 11.1 Å². The van der Waals surface area contributed by atoms with Gasteiger partial charge < -0.3 is 10.1 Å². The molecular formula is C17H17N5O2. The molecule has 0 aliphatic carbocycles. The molecular weight excluding hydrogens is 306 g/mol. The van der Waals surface area contributed by atoms with Gasteiger partial charge >= 0.3 is 0 Å². The predicted octanol–water partition coefficient (Wildman–Crippen LogP) is 1.54. The van der Waals surface area contributed by atoms with E-state index in [4.69, 9.17) is 4.74 Å². The summed E-state index contributed by atoms with van der Waals surface area (Å²) in [7, 11) is 0. The molecule has 24 heavy (non-hydrogen) atoms. The lowest BCUT2D eigenvalue weighted by Gasteiger charge is -2.12. The Morgan fingerprint density at radius 3 is 2.67 bits per heavy atom. The Morgan fingerprint density at radius 1 is 1.08 bits per heavy atom. The molecule has 0 fully saturated rings. The van der Waals surface area contributed by atoms with Gasteiger partial charge in [0.15, 0.2) is 0 Å². The molecule has 3 aromatic rings. The third kappa shape index (κ3) is 4.16. The van der Waals surface area contributed by atoms with Gasteiger partial charge in [-0.3, -0.25) is 4.79 Å². The topological polar surface area (TPSA) is 81.9 Å². The highest BCUT2D eigenvalue weighted by atomic mass is 16.5. The number of rotatable bonds is 7. The number of hydrogen-bond acceptors (Lipinski definition) is 5. The van der Waals surface area contributed by atoms with Crippen LogP contribution in [-0.4, -0.2) is 39.3 Å². The highest BCUT2D eigenvalue weighted by Crippen LogP contribution is 2.29. The van der Waals surface area contributed by atoms with Crippen molar-refractivity contribution in [3.05, 3.63) is 60.9 Å². The number of tetrazole rings is 1. The number of nitrogens with zero attached hydrogens (tertiary/aromatic N) is 4. The van der Waals surface area contributed by atoms with Gasteiger partial charge in [0.25, 0.3) is 0 Å². The van der Waals surface area contributed by atoms with E-state index < -0.39 is 0 Å². The maximum atomic E-state index is 11.7. The molecule has 1 N–H and O–H groups in total. The number of amides is 1. The van der Waals surface area contributed by atoms with E-state index in [1.807, 2.05) is 54.6 Å². The van der Waals surface area contributed by atoms with Crippen LogP contribution >= 0.6 is 0 Å². The molecule has 0 saturated carbocycles. The zero-order valence-electron chi connectivity index (χ0n) is 13.0. The molecule has 1 heterocycles. The van der Waals surface area contributed by atoms with Crippen LogP contribution < -0.4 is 10.1 Å². The molecule has 0 spiro atoms. The van der Waals surface area contributed by atoms with Crippen LogP contribution in [0.4, 0.5) is 0 Å². The molecule has 1 amide bonds. The maximum absolute atomic E-state index is 11.7. The Labute approximate surface area is 139 Å². The maximum Gasteiger partial charge on any atom is 0.241 e. The van der Waals surface area contributed by atoms with E-state index in [1.54, 1.807) is 0 Å². The first kappa shape index (κ1) is 15.7. The Hall–Kier alpha value is -3.22. The van der Waals surface area contributed by atoms with E-state index in [0.29, 0.717) is 13.2 Å². The fourth-order valence-corrected chi connectivity index (χ4v) is 2.26. The molecule has 2 aromatic carbocycles. The number of nitrogens with one attached hydrogen (secondary N) is 1. The van der Waals surface area contributed by atoms with Crippen LogP contribution in [0.3, 0.4) is 0 Å². The molecule has 0 aliphatic heterocycles. The molecule has 122 valence electrons. The van der Waals surface area contributed by atoms with E-state index in [2.05, 4.69) is 20.8 Å². The summed E-state index contributed by atoms with van der Waals surface area (Å²) in [5.41, 5.74) is 2.12. The summed E-state index contributed by atoms with van der Waals surface area (Å²) in [6.45, 7) is 0.878. The number of para-hydroxylation sites is 1. The summed E-state index contributed by atoms with van der Waals surface area (Å²) in [5, 5.41) is 13.4. The zero-order valence-corrected chi connectivity index (χ0v) is 13.0. The molecule has 0 bridgehead atoms. The number of ether oxygens (including phenoxy) is 1. The molecule has 0 aliphatic rings. The first-order chi connectivity index (χ1) is 11.8. The second kappa shape index (κ2) is 7.87. The molecule has 0 radical (unpaired) electrons. The molecule has 1 aromatic heterocycles. The lowest BCUT2D eigenvalue weighted by Crippen LogP contribution is -2.31. The van der Waals surface area contributed by atoms with Crippen molar-refractivity contribution in [2.45, 2.75) is 6.54 Å². The lowest BCUT2D eigenvalue weighted by molar-refractivity contribution is -0.121. The fraction of sp³-hybridized carbons (Fsp3) is 0.176. The van der Waals surface area contributed by atoms with E-state index >= 15 is 0 Å². The smallest absolute Gasteiger partial charge is 0.241 e. The van der Waals surface area contributed by atoms with Crippen molar-refractivity contribution in [1.82, 2.24) is 25.5 Å². The van der Waals surface area contributed by atoms with Gasteiger partial charge in [0.2, 0.25) is 5.91 Å². The molecule has 7 heteroatoms. The van der Waals surface area contributed by atoms with Crippen LogP contribution in [0.1, 0.15) is 0 Å². The van der Waals surface area contributed by atoms with E-state index in [-0.39, 0.29) is 12.5 Å². The van der Waals surface area contributed by atoms with Crippen molar-refractivity contribution >= 4 is 5.91 Å². The number of aromatic nitrogens is 4. The summed E-state index contributed by atoms with van der Waals surface area (Å²) in [6, 6.07) is 17.9. The van der Waals surface area contributed by atoms with Crippen molar-refractivity contribution < 1.29 is 9.53 Å². The summed E-state index contributed by atoms with van der Waals surface area (Å²) >= 11 is 0. The van der Waals surface area contributed by atoms with Gasteiger partial charge in [-0.15, -0.1) is 5.10 Å². The van der Waals surface area contributed by atoms with E-state index in [0.717, 1.165) is 16.9 Å². The average Bonchev–Trinajstić information content (AvgIpc) is 3.13. The Morgan fingerprint density at radius 2 is 1.88 bits per heavy atom. The van der Waals surface area contributed by atoms with Crippen molar-refractivity contribution in [3.63, 3.8) is 0 Å². The molecule has 3 rings (SSSR count). The summed E-state index contributed by atoms with van der Waals surface area (Å²) in [4.78, 5) is 11.7. The first-order valence-corrected chi connectivity index (χ1v) is 7.57. The lowest BCUT2D eigenvalue weighted by atomic mass is 10.1. The Bertz CT molecular complexity index is 775. The first-order valence-electron chi connectivity index (χ1n) is 7.57. The highest BCUT2D eigenvalue weighted by molar-refractivity contribution is 5.75. The summed E-state index contributed by atoms with van der Waals surface area (Å²) in [5.74, 6) is 0.626. The van der Waals surface area contributed by atoms with Crippen molar-refractivity contribution in [1.29, 1.82) is 0 Å². The van der Waals surface area contributed by atoms with Gasteiger partial charge in [-0.1, -0.05) is 48.5 Å². The normalized spacial score (nSPS) is 10.3. The van der Waals surface area contributed by atoms with Crippen LogP contribution in [0.2, 0.25) is 0 Å². The Balaban J connectivity index is 1.51. The largest absolute Gasteiger partial charge is 0.491 e. The zero-order chi connectivity index (χ0) is 16.6. The summed E-state index contributed by atoms with van der Waals surface area (Å²) < 4.78 is 7.18. The number of hydrogen-bond donors (Lipinski definition) is 1. The van der Waals surface area contributed by atoms with Crippen molar-refractivity contribution in [2.24, 2.45) is 0 Å². The minimum Gasteiger partial charge on any atom is -0.491 e. The van der Waals surface area contributed by atoms with Crippen LogP contribution in [0.15, 0.2) is 60.9 Å². The molecule has 0 unspecified atom stereocenters. The van der Waals surface area contributed by atoms with Crippen LogP contribution in [0.5, 0.6) is 5.75 Å². The van der Waals surface area contributed by atoms with Gasteiger partial charge in [-0.25, -0.2) is 4.68 Å². The van der Waals surface area contributed by atoms with Crippen LogP contribution in [0, 0.1) is 0 Å². The summed E-state index contributed by atoms with van der Waals surface area (Å²) in [6.07, 6.45) is 1.40. The fourth-order valence-electron chi connectivity index (χ4n) is 2.26. The van der Waals surface area contributed by atoms with Gasteiger partial charge in [0, 0.05) is 5.56 Å². The minimum absolute atomic E-state index is 0.0909. The van der Waals surface area contributed by atoms with Gasteiger partial charge in [0.05, 0.1) is 6.54 Å². The third-order valence-corrected chi connectivity index (χ3v) is 3.35. The monoisotopic (exact) mass is 323 g/mol. The van der Waals surface area contributed by atoms with E-state index in [9.17, 15) is 4.79 Å². The van der Waals surface area contributed by atoms with Gasteiger partial charge in [-0.05, 0) is 22.1 Å². The van der Waals surface area contributed by atoms with Crippen molar-refractivity contribution in [3.8, 4) is 16.9 Å². The van der Waals surface area contributed by atoms with Crippen molar-refractivity contribution in [2.75, 3.05) is 13.2 Å². The number of benzene rings is 2. The molecule has 0 atom stereocenters. The second-order valence-corrected chi connectivity index (χ2v) is 5.07.